The summed E-state index contributed by atoms with van der Waals surface area (Å²) in [5.41, 5.74) is 0.556. The van der Waals surface area contributed by atoms with Crippen LogP contribution in [0.2, 0.25) is 5.02 Å². The molecule has 7 nitrogen and oxygen atoms in total. The Morgan fingerprint density at radius 2 is 1.57 bits per heavy atom. The fourth-order valence-electron chi connectivity index (χ4n) is 4.55. The molecule has 0 saturated carbocycles. The Morgan fingerprint density at radius 1 is 0.952 bits per heavy atom. The van der Waals surface area contributed by atoms with E-state index in [-0.39, 0.29) is 23.0 Å². The molecule has 0 unspecified atom stereocenters. The van der Waals surface area contributed by atoms with E-state index in [2.05, 4.69) is 10.1 Å². The molecule has 5 rings (SSSR count). The molecule has 0 radical (unpaired) electrons. The zero-order valence-electron chi connectivity index (χ0n) is 22.0. The van der Waals surface area contributed by atoms with Crippen LogP contribution in [-0.4, -0.2) is 25.2 Å². The molecule has 42 heavy (non-hydrogen) atoms. The van der Waals surface area contributed by atoms with E-state index in [1.54, 1.807) is 60.7 Å². The van der Waals surface area contributed by atoms with Crippen LogP contribution in [0, 0.1) is 13.5 Å². The van der Waals surface area contributed by atoms with Crippen molar-refractivity contribution in [1.82, 2.24) is 4.31 Å². The van der Waals surface area contributed by atoms with Crippen molar-refractivity contribution >= 4 is 33.3 Å². The van der Waals surface area contributed by atoms with Crippen molar-refractivity contribution in [3.05, 3.63) is 130 Å². The number of aryl methyl sites for hydroxylation is 1. The molecule has 1 heterocycles. The number of alkyl halides is 3. The van der Waals surface area contributed by atoms with E-state index in [0.717, 1.165) is 22.0 Å². The van der Waals surface area contributed by atoms with Gasteiger partial charge in [-0.15, -0.1) is 4.95 Å². The fourth-order valence-corrected chi connectivity index (χ4v) is 6.09. The van der Waals surface area contributed by atoms with E-state index < -0.39 is 27.8 Å². The highest BCUT2D eigenvalue weighted by Gasteiger charge is 2.46. The molecule has 214 valence electrons. The number of rotatable bonds is 6. The normalized spacial score (nSPS) is 16.5. The van der Waals surface area contributed by atoms with Gasteiger partial charge in [-0.3, -0.25) is 4.90 Å². The van der Waals surface area contributed by atoms with Crippen molar-refractivity contribution in [1.29, 1.82) is 0 Å². The van der Waals surface area contributed by atoms with Gasteiger partial charge in [-0.1, -0.05) is 41.4 Å². The molecule has 1 aliphatic rings. The second-order valence-electron chi connectivity index (χ2n) is 9.41. The smallest absolute Gasteiger partial charge is 0.416 e. The molecule has 0 bridgehead atoms. The maximum atomic E-state index is 13.8. The molecule has 0 aromatic heterocycles. The summed E-state index contributed by atoms with van der Waals surface area (Å²) < 4.78 is 75.3. The number of nitrogens with zero attached hydrogens (tertiary/aromatic N) is 4. The molecule has 1 fully saturated rings. The zero-order chi connectivity index (χ0) is 30.1. The number of guanidine groups is 1. The molecule has 12 heteroatoms. The van der Waals surface area contributed by atoms with Crippen LogP contribution in [0.15, 0.2) is 107 Å². The van der Waals surface area contributed by atoms with Gasteiger partial charge in [0.2, 0.25) is 0 Å². The first-order valence-electron chi connectivity index (χ1n) is 12.5. The highest BCUT2D eigenvalue weighted by atomic mass is 35.5. The van der Waals surface area contributed by atoms with Crippen molar-refractivity contribution in [3.8, 4) is 11.5 Å². The third-order valence-electron chi connectivity index (χ3n) is 6.60. The van der Waals surface area contributed by atoms with Gasteiger partial charge in [0, 0.05) is 10.7 Å². The third kappa shape index (κ3) is 5.91. The van der Waals surface area contributed by atoms with Crippen LogP contribution in [0.4, 0.5) is 18.9 Å². The molecule has 0 spiro atoms. The number of hydrogen-bond donors (Lipinski definition) is 0. The molecule has 4 aromatic carbocycles. The molecule has 0 N–H and O–H groups in total. The number of sulfonamides is 1. The average Bonchev–Trinajstić information content (AvgIpc) is 3.35. The van der Waals surface area contributed by atoms with Crippen molar-refractivity contribution in [2.45, 2.75) is 24.0 Å². The first-order valence-corrected chi connectivity index (χ1v) is 14.3. The highest BCUT2D eigenvalue weighted by Crippen LogP contribution is 2.40. The van der Waals surface area contributed by atoms with Gasteiger partial charge in [-0.2, -0.15) is 19.7 Å². The third-order valence-corrected chi connectivity index (χ3v) is 8.61. The maximum Gasteiger partial charge on any atom is 0.416 e. The van der Waals surface area contributed by atoms with Gasteiger partial charge < -0.3 is 4.74 Å². The van der Waals surface area contributed by atoms with Crippen LogP contribution in [-0.2, 0) is 16.2 Å². The molecule has 1 saturated heterocycles. The zero-order valence-corrected chi connectivity index (χ0v) is 23.5. The Bertz CT molecular complexity index is 1770. The quantitative estimate of drug-likeness (QED) is 0.164. The fraction of sp³-hybridized carbons (Fsp3) is 0.133. The minimum Gasteiger partial charge on any atom is -0.457 e. The second kappa shape index (κ2) is 11.4. The number of anilines is 1. The number of hydrogen-bond acceptors (Lipinski definition) is 4. The summed E-state index contributed by atoms with van der Waals surface area (Å²) in [5.74, 6) is 0.740. The lowest BCUT2D eigenvalue weighted by molar-refractivity contribution is -0.137. The van der Waals surface area contributed by atoms with Gasteiger partial charge in [0.05, 0.1) is 23.0 Å². The van der Waals surface area contributed by atoms with E-state index in [0.29, 0.717) is 22.2 Å². The Kier molecular flexibility index (Phi) is 7.86. The lowest BCUT2D eigenvalue weighted by atomic mass is 10.0. The van der Waals surface area contributed by atoms with E-state index >= 15 is 0 Å². The van der Waals surface area contributed by atoms with E-state index in [1.165, 1.54) is 29.2 Å². The monoisotopic (exact) mass is 610 g/mol. The van der Waals surface area contributed by atoms with Crippen LogP contribution >= 0.6 is 11.6 Å². The van der Waals surface area contributed by atoms with Crippen molar-refractivity contribution < 1.29 is 26.3 Å². The van der Waals surface area contributed by atoms with Crippen LogP contribution < -0.4 is 9.64 Å². The Hall–Kier alpha value is -4.53. The first kappa shape index (κ1) is 29.0. The maximum absolute atomic E-state index is 13.8. The van der Waals surface area contributed by atoms with Gasteiger partial charge in [0.25, 0.3) is 10.0 Å². The number of benzene rings is 4. The standard InChI is InChI=1S/C30H22ClF3N4O3S/c1-20-6-16-27(17-7-20)42(39,40)37-19-28(21-4-3-5-22(18-21)30(32,33)34)38(29(37)36-35-2)24-10-14-26(15-11-24)41-25-12-8-23(31)9-13-25/h3-18,28H,19H2,1H3/b36-29+/t28-/m1/s1. The summed E-state index contributed by atoms with van der Waals surface area (Å²) in [6.45, 7) is 8.95. The summed E-state index contributed by atoms with van der Waals surface area (Å²) in [6, 6.07) is 23.1. The summed E-state index contributed by atoms with van der Waals surface area (Å²) in [4.78, 5) is 4.52. The molecule has 0 aliphatic carbocycles. The van der Waals surface area contributed by atoms with Crippen molar-refractivity contribution in [2.75, 3.05) is 11.4 Å². The summed E-state index contributed by atoms with van der Waals surface area (Å²) in [7, 11) is -4.24. The topological polar surface area (TPSA) is 66.6 Å². The summed E-state index contributed by atoms with van der Waals surface area (Å²) >= 11 is 5.93. The molecular weight excluding hydrogens is 589 g/mol. The molecule has 1 aliphatic heterocycles. The van der Waals surface area contributed by atoms with Crippen LogP contribution in [0.3, 0.4) is 0 Å². The van der Waals surface area contributed by atoms with E-state index in [1.807, 2.05) is 6.92 Å². The minimum absolute atomic E-state index is 0.0397. The number of ether oxygens (including phenoxy) is 1. The largest absolute Gasteiger partial charge is 0.457 e. The molecule has 1 atom stereocenters. The molecule has 0 amide bonds. The van der Waals surface area contributed by atoms with Gasteiger partial charge in [-0.25, -0.2) is 12.7 Å². The average molecular weight is 611 g/mol. The lowest BCUT2D eigenvalue weighted by Crippen LogP contribution is -2.37. The van der Waals surface area contributed by atoms with Crippen molar-refractivity contribution in [3.63, 3.8) is 0 Å². The van der Waals surface area contributed by atoms with E-state index in [9.17, 15) is 21.6 Å². The Balaban J connectivity index is 1.59. The predicted octanol–water partition coefficient (Wildman–Crippen LogP) is 7.90. The SMILES string of the molecule is [C-]#[N+]/N=C1/N(c2ccc(Oc3ccc(Cl)cc3)cc2)[C@@H](c2cccc(C(F)(F)F)c2)CN1S(=O)(=O)c1ccc(C)cc1. The molecule has 4 aromatic rings. The minimum atomic E-state index is -4.61. The van der Waals surface area contributed by atoms with E-state index in [4.69, 9.17) is 22.9 Å². The van der Waals surface area contributed by atoms with Crippen molar-refractivity contribution in [2.24, 2.45) is 5.10 Å². The van der Waals surface area contributed by atoms with Crippen LogP contribution in [0.25, 0.3) is 4.95 Å². The summed E-state index contributed by atoms with van der Waals surface area (Å²) in [5, 5.41) is 4.38. The van der Waals surface area contributed by atoms with Crippen LogP contribution in [0.1, 0.15) is 22.7 Å². The predicted molar refractivity (Wildman–Crippen MR) is 154 cm³/mol. The molecular formula is C30H22ClF3N4O3S. The van der Waals surface area contributed by atoms with Gasteiger partial charge in [-0.05, 0) is 85.3 Å². The highest BCUT2D eigenvalue weighted by molar-refractivity contribution is 7.89. The lowest BCUT2D eigenvalue weighted by Gasteiger charge is -2.25. The van der Waals surface area contributed by atoms with Gasteiger partial charge in [0.15, 0.2) is 0 Å². The second-order valence-corrected chi connectivity index (χ2v) is 11.7. The Morgan fingerprint density at radius 3 is 2.17 bits per heavy atom. The van der Waals surface area contributed by atoms with Gasteiger partial charge in [0.1, 0.15) is 16.6 Å². The van der Waals surface area contributed by atoms with Crippen LogP contribution in [0.5, 0.6) is 11.5 Å². The first-order chi connectivity index (χ1) is 20.0. The number of halogens is 4. The van der Waals surface area contributed by atoms with Gasteiger partial charge >= 0.3 is 12.1 Å². The summed E-state index contributed by atoms with van der Waals surface area (Å²) in [6.07, 6.45) is -4.61. The Labute approximate surface area is 245 Å².